The molecular weight excluding hydrogens is 278 g/mol. The molecule has 0 amide bonds. The fraction of sp³-hybridized carbons (Fsp3) is 0.611. The predicted molar refractivity (Wildman–Crippen MR) is 88.9 cm³/mol. The van der Waals surface area contributed by atoms with Crippen molar-refractivity contribution in [3.63, 3.8) is 0 Å². The molecule has 0 aliphatic carbocycles. The minimum Gasteiger partial charge on any atom is -0.490 e. The van der Waals surface area contributed by atoms with E-state index in [1.54, 1.807) is 6.07 Å². The van der Waals surface area contributed by atoms with E-state index < -0.39 is 0 Å². The lowest BCUT2D eigenvalue weighted by molar-refractivity contribution is 0.0898. The van der Waals surface area contributed by atoms with Crippen LogP contribution in [0.2, 0.25) is 0 Å². The number of unbranched alkanes of at least 4 members (excludes halogenated alkanes) is 2. The molecule has 0 saturated carbocycles. The van der Waals surface area contributed by atoms with Crippen molar-refractivity contribution in [3.05, 3.63) is 36.0 Å². The van der Waals surface area contributed by atoms with Gasteiger partial charge in [-0.1, -0.05) is 33.3 Å². The molecule has 0 aromatic carbocycles. The Morgan fingerprint density at radius 3 is 2.36 bits per heavy atom. The van der Waals surface area contributed by atoms with E-state index in [1.165, 1.54) is 25.7 Å². The third kappa shape index (κ3) is 6.06. The Kier molecular flexibility index (Phi) is 8.60. The molecule has 1 aromatic heterocycles. The highest BCUT2D eigenvalue weighted by Crippen LogP contribution is 2.15. The van der Waals surface area contributed by atoms with Crippen molar-refractivity contribution in [2.75, 3.05) is 19.7 Å². The second-order valence-electron chi connectivity index (χ2n) is 5.43. The number of hydrogen-bond acceptors (Lipinski definition) is 4. The number of furan rings is 1. The zero-order chi connectivity index (χ0) is 16.4. The van der Waals surface area contributed by atoms with Crippen molar-refractivity contribution >= 4 is 5.78 Å². The van der Waals surface area contributed by atoms with Gasteiger partial charge in [0, 0.05) is 0 Å². The Morgan fingerprint density at radius 2 is 1.82 bits per heavy atom. The molecule has 0 atom stereocenters. The smallest absolute Gasteiger partial charge is 0.261 e. The van der Waals surface area contributed by atoms with Gasteiger partial charge in [0.15, 0.2) is 11.5 Å². The zero-order valence-electron chi connectivity index (χ0n) is 14.2. The van der Waals surface area contributed by atoms with Crippen LogP contribution in [0.1, 0.15) is 62.8 Å². The molecule has 22 heavy (non-hydrogen) atoms. The minimum atomic E-state index is -0.276. The number of ether oxygens (including phenoxy) is 1. The Bertz CT molecular complexity index is 457. The van der Waals surface area contributed by atoms with Crippen LogP contribution >= 0.6 is 0 Å². The topological polar surface area (TPSA) is 42.7 Å². The summed E-state index contributed by atoms with van der Waals surface area (Å²) in [5, 5.41) is 0. The summed E-state index contributed by atoms with van der Waals surface area (Å²) in [6.07, 6.45) is 4.71. The summed E-state index contributed by atoms with van der Waals surface area (Å²) in [5.41, 5.74) is 0. The molecule has 0 unspecified atom stereocenters. The van der Waals surface area contributed by atoms with Gasteiger partial charge in [0.25, 0.3) is 5.78 Å². The molecule has 0 aliphatic rings. The lowest BCUT2D eigenvalue weighted by Crippen LogP contribution is -2.25. The first-order chi connectivity index (χ1) is 10.6. The van der Waals surface area contributed by atoms with Crippen molar-refractivity contribution in [2.24, 2.45) is 0 Å². The highest BCUT2D eigenvalue weighted by Gasteiger charge is 2.17. The average molecular weight is 307 g/mol. The lowest BCUT2D eigenvalue weighted by atomic mass is 10.2. The highest BCUT2D eigenvalue weighted by atomic mass is 16.5. The van der Waals surface area contributed by atoms with E-state index in [2.05, 4.69) is 25.3 Å². The number of allylic oxidation sites excluding steroid dienone is 1. The van der Waals surface area contributed by atoms with Gasteiger partial charge < -0.3 is 9.15 Å². The van der Waals surface area contributed by atoms with Crippen LogP contribution in [0.15, 0.2) is 28.9 Å². The molecule has 0 bridgehead atoms. The third-order valence-corrected chi connectivity index (χ3v) is 3.49. The SMILES string of the molecule is C=C(OCC)C(=O)c1ccc(CN(CCCC)CCCC)o1. The molecule has 0 saturated heterocycles. The van der Waals surface area contributed by atoms with Crippen LogP contribution in [0, 0.1) is 0 Å². The summed E-state index contributed by atoms with van der Waals surface area (Å²) in [7, 11) is 0. The van der Waals surface area contributed by atoms with Gasteiger partial charge >= 0.3 is 0 Å². The van der Waals surface area contributed by atoms with Gasteiger partial charge in [-0.25, -0.2) is 0 Å². The largest absolute Gasteiger partial charge is 0.490 e. The van der Waals surface area contributed by atoms with Crippen molar-refractivity contribution in [2.45, 2.75) is 53.0 Å². The highest BCUT2D eigenvalue weighted by molar-refractivity contribution is 6.04. The summed E-state index contributed by atoms with van der Waals surface area (Å²) in [6, 6.07) is 3.58. The summed E-state index contributed by atoms with van der Waals surface area (Å²) >= 11 is 0. The predicted octanol–water partition coefficient (Wildman–Crippen LogP) is 4.41. The number of carbonyl (C=O) groups is 1. The fourth-order valence-corrected chi connectivity index (χ4v) is 2.22. The van der Waals surface area contributed by atoms with Crippen LogP contribution in [-0.2, 0) is 11.3 Å². The van der Waals surface area contributed by atoms with Gasteiger partial charge in [0.2, 0.25) is 0 Å². The monoisotopic (exact) mass is 307 g/mol. The van der Waals surface area contributed by atoms with Crippen molar-refractivity contribution in [1.82, 2.24) is 4.90 Å². The van der Waals surface area contributed by atoms with Gasteiger partial charge in [0.05, 0.1) is 13.2 Å². The molecule has 4 heteroatoms. The van der Waals surface area contributed by atoms with E-state index in [9.17, 15) is 4.79 Å². The first-order valence-electron chi connectivity index (χ1n) is 8.29. The molecule has 0 aliphatic heterocycles. The number of rotatable bonds is 12. The summed E-state index contributed by atoms with van der Waals surface area (Å²) in [5.74, 6) is 0.984. The van der Waals surface area contributed by atoms with E-state index in [-0.39, 0.29) is 11.5 Å². The summed E-state index contributed by atoms with van der Waals surface area (Å²) < 4.78 is 10.8. The normalized spacial score (nSPS) is 10.9. The molecule has 124 valence electrons. The van der Waals surface area contributed by atoms with Crippen molar-refractivity contribution in [3.8, 4) is 0 Å². The molecule has 0 fully saturated rings. The number of hydrogen-bond donors (Lipinski definition) is 0. The number of nitrogens with zero attached hydrogens (tertiary/aromatic N) is 1. The molecule has 1 heterocycles. The van der Waals surface area contributed by atoms with Gasteiger partial charge in [-0.3, -0.25) is 9.69 Å². The zero-order valence-corrected chi connectivity index (χ0v) is 14.2. The quantitative estimate of drug-likeness (QED) is 0.326. The van der Waals surface area contributed by atoms with Gasteiger partial charge in [0.1, 0.15) is 5.76 Å². The summed E-state index contributed by atoms with van der Waals surface area (Å²) in [6.45, 7) is 13.1. The van der Waals surface area contributed by atoms with Gasteiger partial charge in [-0.2, -0.15) is 0 Å². The van der Waals surface area contributed by atoms with E-state index >= 15 is 0 Å². The molecule has 0 spiro atoms. The maximum Gasteiger partial charge on any atom is 0.261 e. The first kappa shape index (κ1) is 18.5. The second-order valence-corrected chi connectivity index (χ2v) is 5.43. The molecule has 0 radical (unpaired) electrons. The van der Waals surface area contributed by atoms with Crippen molar-refractivity contribution in [1.29, 1.82) is 0 Å². The number of carbonyl (C=O) groups excluding carboxylic acids is 1. The molecule has 0 N–H and O–H groups in total. The van der Waals surface area contributed by atoms with Crippen LogP contribution in [0.3, 0.4) is 0 Å². The molecule has 1 aromatic rings. The number of Topliss-reactive ketones (excluding diaryl/α,β-unsaturated/α-hetero) is 1. The van der Waals surface area contributed by atoms with Crippen molar-refractivity contribution < 1.29 is 13.9 Å². The van der Waals surface area contributed by atoms with Gasteiger partial charge in [-0.15, -0.1) is 0 Å². The maximum absolute atomic E-state index is 12.0. The molecule has 1 rings (SSSR count). The first-order valence-corrected chi connectivity index (χ1v) is 8.29. The van der Waals surface area contributed by atoms with E-state index in [0.717, 1.165) is 25.4 Å². The van der Waals surface area contributed by atoms with Crippen LogP contribution in [0.4, 0.5) is 0 Å². The van der Waals surface area contributed by atoms with Crippen LogP contribution in [0.25, 0.3) is 0 Å². The Balaban J connectivity index is 2.64. The molecular formula is C18H29NO3. The van der Waals surface area contributed by atoms with E-state index in [0.29, 0.717) is 12.4 Å². The lowest BCUT2D eigenvalue weighted by Gasteiger charge is -2.20. The Hall–Kier alpha value is -1.55. The van der Waals surface area contributed by atoms with E-state index in [4.69, 9.17) is 9.15 Å². The number of ketones is 1. The Labute approximate surface area is 134 Å². The maximum atomic E-state index is 12.0. The van der Waals surface area contributed by atoms with E-state index in [1.807, 2.05) is 13.0 Å². The van der Waals surface area contributed by atoms with Crippen LogP contribution < -0.4 is 0 Å². The average Bonchev–Trinajstić information content (AvgIpc) is 2.97. The standard InChI is InChI=1S/C18H29NO3/c1-5-8-12-19(13-9-6-2)14-16-10-11-17(22-16)18(20)15(4)21-7-3/h10-11H,4-9,12-14H2,1-3H3. The summed E-state index contributed by atoms with van der Waals surface area (Å²) in [4.78, 5) is 14.4. The third-order valence-electron chi connectivity index (χ3n) is 3.49. The fourth-order valence-electron chi connectivity index (χ4n) is 2.22. The van der Waals surface area contributed by atoms with Gasteiger partial charge in [-0.05, 0) is 45.0 Å². The minimum absolute atomic E-state index is 0.136. The Morgan fingerprint density at radius 1 is 1.18 bits per heavy atom. The van der Waals surface area contributed by atoms with Crippen LogP contribution in [-0.4, -0.2) is 30.4 Å². The molecule has 4 nitrogen and oxygen atoms in total. The van der Waals surface area contributed by atoms with Crippen LogP contribution in [0.5, 0.6) is 0 Å². The second kappa shape index (κ2) is 10.2.